The molecule has 0 radical (unpaired) electrons. The van der Waals surface area contributed by atoms with Gasteiger partial charge in [-0.15, -0.1) is 0 Å². The summed E-state index contributed by atoms with van der Waals surface area (Å²) in [6, 6.07) is 22.5. The molecule has 2 aromatic carbocycles. The van der Waals surface area contributed by atoms with Crippen LogP contribution >= 0.6 is 0 Å². The minimum Gasteiger partial charge on any atom is -0.413 e. The Bertz CT molecular complexity index is 1200. The van der Waals surface area contributed by atoms with Gasteiger partial charge >= 0.3 is 0 Å². The molecule has 2 nitrogen and oxygen atoms in total. The Morgan fingerprint density at radius 2 is 1.30 bits per heavy atom. The van der Waals surface area contributed by atoms with Crippen molar-refractivity contribution in [2.45, 2.75) is 137 Å². The van der Waals surface area contributed by atoms with E-state index in [4.69, 9.17) is 8.85 Å². The van der Waals surface area contributed by atoms with E-state index in [0.29, 0.717) is 58.2 Å². The van der Waals surface area contributed by atoms with Gasteiger partial charge in [0.15, 0.2) is 0 Å². The maximum Gasteiger partial charge on any atom is 0.261 e. The van der Waals surface area contributed by atoms with E-state index in [1.165, 1.54) is 29.6 Å². The van der Waals surface area contributed by atoms with Gasteiger partial charge < -0.3 is 8.85 Å². The van der Waals surface area contributed by atoms with Crippen LogP contribution in [-0.4, -0.2) is 29.3 Å². The molecular formula is C42H68O2Si2. The van der Waals surface area contributed by atoms with Crippen LogP contribution in [-0.2, 0) is 8.85 Å². The molecule has 4 rings (SSSR count). The molecule has 2 aliphatic carbocycles. The first-order chi connectivity index (χ1) is 21.6. The predicted octanol–water partition coefficient (Wildman–Crippen LogP) is 11.0. The van der Waals surface area contributed by atoms with Crippen LogP contribution in [0.1, 0.15) is 109 Å². The first-order valence-corrected chi connectivity index (χ1v) is 22.7. The number of allylic oxidation sites excluding steroid dienone is 2. The highest BCUT2D eigenvalue weighted by molar-refractivity contribution is 6.99. The monoisotopic (exact) mass is 660 g/mol. The van der Waals surface area contributed by atoms with Crippen LogP contribution in [0.2, 0.25) is 21.7 Å². The van der Waals surface area contributed by atoms with Crippen molar-refractivity contribution in [3.05, 3.63) is 72.3 Å². The fraction of sp³-hybridized carbons (Fsp3) is 0.667. The van der Waals surface area contributed by atoms with E-state index in [9.17, 15) is 0 Å². The van der Waals surface area contributed by atoms with Crippen molar-refractivity contribution in [3.63, 3.8) is 0 Å². The fourth-order valence-electron chi connectivity index (χ4n) is 10.8. The molecule has 1 unspecified atom stereocenters. The molecule has 0 saturated heterocycles. The van der Waals surface area contributed by atoms with Gasteiger partial charge in [-0.3, -0.25) is 0 Å². The average molecular weight is 661 g/mol. The summed E-state index contributed by atoms with van der Waals surface area (Å²) >= 11 is 0. The van der Waals surface area contributed by atoms with E-state index >= 15 is 0 Å². The molecule has 2 aliphatic rings. The van der Waals surface area contributed by atoms with E-state index in [1.807, 2.05) is 0 Å². The van der Waals surface area contributed by atoms with Gasteiger partial charge in [-0.25, -0.2) is 0 Å². The lowest BCUT2D eigenvalue weighted by atomic mass is 9.53. The summed E-state index contributed by atoms with van der Waals surface area (Å²) in [6.07, 6.45) is 6.50. The number of rotatable bonds is 11. The van der Waals surface area contributed by atoms with E-state index in [-0.39, 0.29) is 5.04 Å². The van der Waals surface area contributed by atoms with Gasteiger partial charge in [-0.2, -0.15) is 0 Å². The molecule has 2 fully saturated rings. The molecule has 0 bridgehead atoms. The smallest absolute Gasteiger partial charge is 0.261 e. The minimum atomic E-state index is -2.65. The summed E-state index contributed by atoms with van der Waals surface area (Å²) in [5, 5.41) is 2.74. The maximum absolute atomic E-state index is 7.81. The summed E-state index contributed by atoms with van der Waals surface area (Å²) in [5.41, 5.74) is 3.38. The van der Waals surface area contributed by atoms with Gasteiger partial charge in [-0.1, -0.05) is 148 Å². The lowest BCUT2D eigenvalue weighted by Crippen LogP contribution is -2.67. The van der Waals surface area contributed by atoms with Crippen molar-refractivity contribution < 1.29 is 8.85 Å². The predicted molar refractivity (Wildman–Crippen MR) is 205 cm³/mol. The van der Waals surface area contributed by atoms with Crippen LogP contribution in [0.4, 0.5) is 0 Å². The second kappa shape index (κ2) is 15.0. The number of benzene rings is 2. The van der Waals surface area contributed by atoms with Crippen molar-refractivity contribution >= 4 is 27.0 Å². The fourth-order valence-corrected chi connectivity index (χ4v) is 21.0. The second-order valence-electron chi connectivity index (χ2n) is 17.2. The lowest BCUT2D eigenvalue weighted by molar-refractivity contribution is -0.0808. The zero-order valence-electron chi connectivity index (χ0n) is 31.8. The Kier molecular flexibility index (Phi) is 12.2. The van der Waals surface area contributed by atoms with Crippen LogP contribution < -0.4 is 10.4 Å². The number of hydrogen-bond donors (Lipinski definition) is 0. The number of hydrogen-bond acceptors (Lipinski definition) is 2. The minimum absolute atomic E-state index is 0.0264. The summed E-state index contributed by atoms with van der Waals surface area (Å²) < 4.78 is 15.5. The quantitative estimate of drug-likeness (QED) is 0.176. The molecule has 0 heterocycles. The highest BCUT2D eigenvalue weighted by atomic mass is 28.4. The van der Waals surface area contributed by atoms with Gasteiger partial charge in [0.2, 0.25) is 8.32 Å². The molecule has 0 amide bonds. The molecule has 0 spiro atoms. The zero-order valence-corrected chi connectivity index (χ0v) is 33.8. The Labute approximate surface area is 286 Å². The van der Waals surface area contributed by atoms with E-state index in [0.717, 1.165) is 6.61 Å². The normalized spacial score (nSPS) is 28.2. The third-order valence-corrected chi connectivity index (χ3v) is 23.8. The molecule has 0 aliphatic heterocycles. The molecule has 7 atom stereocenters. The third-order valence-electron chi connectivity index (χ3n) is 12.7. The summed E-state index contributed by atoms with van der Waals surface area (Å²) in [5.74, 6) is 3.48. The Morgan fingerprint density at radius 1 is 0.804 bits per heavy atom. The van der Waals surface area contributed by atoms with E-state index in [1.54, 1.807) is 5.57 Å². The van der Waals surface area contributed by atoms with Gasteiger partial charge in [0.25, 0.3) is 8.32 Å². The third kappa shape index (κ3) is 6.84. The summed E-state index contributed by atoms with van der Waals surface area (Å²) in [4.78, 5) is 0. The lowest BCUT2D eigenvalue weighted by Gasteiger charge is -2.57. The second-order valence-corrected chi connectivity index (χ2v) is 26.9. The van der Waals surface area contributed by atoms with Gasteiger partial charge in [0, 0.05) is 12.7 Å². The van der Waals surface area contributed by atoms with E-state index in [2.05, 4.69) is 157 Å². The standard InChI is InChI=1S/C42H68O2Si2/c1-14-32(8)40-34(10)27-37-39(44-45(29(2)3,30(4)5)31(6)7)26-25-33(9)41(37)38(40)28-43-46(42(11,12)13,35-21-17-15-18-22-35)36-23-19-16-20-24-36/h14-24,29-31,33-34,37-41H,25-28H2,1-13H3/b32-14-/t33-,34-,37-,38+,39-,40?,41+/m0/s1. The molecule has 4 heteroatoms. The highest BCUT2D eigenvalue weighted by Crippen LogP contribution is 2.56. The van der Waals surface area contributed by atoms with Crippen LogP contribution in [0.15, 0.2) is 72.3 Å². The van der Waals surface area contributed by atoms with Crippen LogP contribution in [0.5, 0.6) is 0 Å². The van der Waals surface area contributed by atoms with Crippen LogP contribution in [0.25, 0.3) is 0 Å². The van der Waals surface area contributed by atoms with Crippen molar-refractivity contribution in [2.24, 2.45) is 35.5 Å². The largest absolute Gasteiger partial charge is 0.413 e. The molecule has 46 heavy (non-hydrogen) atoms. The Hall–Kier alpha value is -1.47. The molecule has 256 valence electrons. The average Bonchev–Trinajstić information content (AvgIpc) is 3.00. The summed E-state index contributed by atoms with van der Waals surface area (Å²) in [7, 11) is -4.65. The van der Waals surface area contributed by atoms with Crippen LogP contribution in [0, 0.1) is 35.5 Å². The van der Waals surface area contributed by atoms with Crippen molar-refractivity contribution in [1.82, 2.24) is 0 Å². The van der Waals surface area contributed by atoms with Gasteiger partial charge in [0.05, 0.1) is 0 Å². The molecule has 0 N–H and O–H groups in total. The van der Waals surface area contributed by atoms with Gasteiger partial charge in [0.1, 0.15) is 0 Å². The van der Waals surface area contributed by atoms with Crippen molar-refractivity contribution in [2.75, 3.05) is 6.61 Å². The first-order valence-electron chi connectivity index (χ1n) is 18.7. The van der Waals surface area contributed by atoms with E-state index < -0.39 is 16.6 Å². The van der Waals surface area contributed by atoms with Crippen molar-refractivity contribution in [1.29, 1.82) is 0 Å². The Morgan fingerprint density at radius 3 is 1.74 bits per heavy atom. The van der Waals surface area contributed by atoms with Crippen molar-refractivity contribution in [3.8, 4) is 0 Å². The maximum atomic E-state index is 7.81. The molecule has 2 saturated carbocycles. The number of fused-ring (bicyclic) bond motifs is 1. The SMILES string of the molecule is C/C=C(/C)C1[C@@H](CO[Si](c2ccccc2)(c2ccccc2)C(C)(C)C)[C@H]2[C@@H](C[C@@H]1C)[C@@H](O[Si](C(C)C)(C(C)C)C(C)C)CC[C@@H]2C. The summed E-state index contributed by atoms with van der Waals surface area (Å²) in [6.45, 7) is 32.5. The highest BCUT2D eigenvalue weighted by Gasteiger charge is 2.56. The molecular weight excluding hydrogens is 593 g/mol. The van der Waals surface area contributed by atoms with Gasteiger partial charge in [-0.05, 0) is 101 Å². The molecule has 0 aromatic heterocycles. The first kappa shape index (κ1) is 37.4. The van der Waals surface area contributed by atoms with Crippen LogP contribution in [0.3, 0.4) is 0 Å². The zero-order chi connectivity index (χ0) is 34.0. The Balaban J connectivity index is 1.82. The topological polar surface area (TPSA) is 18.5 Å². The molecule has 2 aromatic rings.